The number of aromatic nitrogens is 1. The van der Waals surface area contributed by atoms with Gasteiger partial charge in [0.25, 0.3) is 0 Å². The summed E-state index contributed by atoms with van der Waals surface area (Å²) in [5, 5.41) is 19.5. The maximum absolute atomic E-state index is 9.10. The van der Waals surface area contributed by atoms with E-state index in [1.54, 1.807) is 7.11 Å². The molecule has 0 saturated carbocycles. The van der Waals surface area contributed by atoms with Crippen molar-refractivity contribution >= 4 is 28.5 Å². The standard InChI is InChI=1S/C21H33N3O.C2H2O4/c1-5-24(6-2)15-10-8-7-9-13-22-19-16-20(25-4)17(3)18-12-11-14-23-21(18)19;3-1(4)2(5)6/h11-12,14,16,22H,5-10,13,15H2,1-4H3;(H,3,4)(H,5,6). The van der Waals surface area contributed by atoms with Gasteiger partial charge in [0.2, 0.25) is 0 Å². The molecule has 8 heteroatoms. The van der Waals surface area contributed by atoms with Gasteiger partial charge in [-0.1, -0.05) is 32.8 Å². The van der Waals surface area contributed by atoms with E-state index in [1.165, 1.54) is 32.2 Å². The van der Waals surface area contributed by atoms with Gasteiger partial charge in [-0.15, -0.1) is 0 Å². The molecule has 0 fully saturated rings. The van der Waals surface area contributed by atoms with Crippen LogP contribution in [0.25, 0.3) is 10.9 Å². The number of methoxy groups -OCH3 is 1. The average Bonchev–Trinajstić information content (AvgIpc) is 2.77. The van der Waals surface area contributed by atoms with Crippen molar-refractivity contribution < 1.29 is 24.5 Å². The summed E-state index contributed by atoms with van der Waals surface area (Å²) in [6.45, 7) is 11.1. The molecule has 8 nitrogen and oxygen atoms in total. The van der Waals surface area contributed by atoms with Crippen LogP contribution in [0.4, 0.5) is 5.69 Å². The van der Waals surface area contributed by atoms with E-state index in [0.29, 0.717) is 0 Å². The third kappa shape index (κ3) is 8.80. The largest absolute Gasteiger partial charge is 0.496 e. The zero-order valence-corrected chi connectivity index (χ0v) is 19.0. The van der Waals surface area contributed by atoms with E-state index >= 15 is 0 Å². The Morgan fingerprint density at radius 2 is 1.74 bits per heavy atom. The number of fused-ring (bicyclic) bond motifs is 1. The highest BCUT2D eigenvalue weighted by Crippen LogP contribution is 2.32. The first-order chi connectivity index (χ1) is 14.8. The average molecular weight is 434 g/mol. The molecular formula is C23H35N3O5. The number of hydrogen-bond acceptors (Lipinski definition) is 6. The molecule has 0 aliphatic rings. The first-order valence-corrected chi connectivity index (χ1v) is 10.7. The summed E-state index contributed by atoms with van der Waals surface area (Å²) in [6, 6.07) is 6.16. The van der Waals surface area contributed by atoms with Gasteiger partial charge < -0.3 is 25.2 Å². The molecule has 2 rings (SSSR count). The van der Waals surface area contributed by atoms with Gasteiger partial charge in [0.05, 0.1) is 18.3 Å². The second-order valence-corrected chi connectivity index (χ2v) is 7.13. The van der Waals surface area contributed by atoms with Gasteiger partial charge in [0, 0.05) is 29.8 Å². The summed E-state index contributed by atoms with van der Waals surface area (Å²) in [5.74, 6) is -2.73. The fourth-order valence-electron chi connectivity index (χ4n) is 3.29. The Hall–Kier alpha value is -2.87. The lowest BCUT2D eigenvalue weighted by molar-refractivity contribution is -0.159. The molecule has 1 aromatic heterocycles. The topological polar surface area (TPSA) is 112 Å². The number of aryl methyl sites for hydroxylation is 1. The summed E-state index contributed by atoms with van der Waals surface area (Å²) >= 11 is 0. The number of nitrogens with one attached hydrogen (secondary N) is 1. The molecule has 0 atom stereocenters. The number of carbonyl (C=O) groups is 2. The Labute approximate surface area is 184 Å². The van der Waals surface area contributed by atoms with Crippen LogP contribution in [0.1, 0.15) is 45.1 Å². The van der Waals surface area contributed by atoms with Crippen molar-refractivity contribution in [3.63, 3.8) is 0 Å². The van der Waals surface area contributed by atoms with Crippen LogP contribution in [0.5, 0.6) is 5.75 Å². The summed E-state index contributed by atoms with van der Waals surface area (Å²) in [6.07, 6.45) is 6.90. The van der Waals surface area contributed by atoms with Crippen molar-refractivity contribution in [1.29, 1.82) is 0 Å². The number of nitrogens with zero attached hydrogens (tertiary/aromatic N) is 2. The van der Waals surface area contributed by atoms with Crippen LogP contribution in [0.3, 0.4) is 0 Å². The Morgan fingerprint density at radius 3 is 2.32 bits per heavy atom. The first-order valence-electron chi connectivity index (χ1n) is 10.7. The molecule has 0 spiro atoms. The third-order valence-corrected chi connectivity index (χ3v) is 5.13. The number of pyridine rings is 1. The van der Waals surface area contributed by atoms with E-state index in [0.717, 1.165) is 47.5 Å². The van der Waals surface area contributed by atoms with Gasteiger partial charge in [-0.25, -0.2) is 9.59 Å². The molecule has 0 amide bonds. The number of anilines is 1. The van der Waals surface area contributed by atoms with Gasteiger partial charge >= 0.3 is 11.9 Å². The van der Waals surface area contributed by atoms with E-state index in [-0.39, 0.29) is 0 Å². The molecule has 0 aliphatic carbocycles. The van der Waals surface area contributed by atoms with Crippen molar-refractivity contribution in [1.82, 2.24) is 9.88 Å². The SMILES string of the molecule is CCN(CC)CCCCCCNc1cc(OC)c(C)c2cccnc12.O=C(O)C(=O)O. The number of hydrogen-bond donors (Lipinski definition) is 3. The Bertz CT molecular complexity index is 825. The molecule has 31 heavy (non-hydrogen) atoms. The zero-order chi connectivity index (χ0) is 23.2. The second kappa shape index (κ2) is 14.2. The van der Waals surface area contributed by atoms with Crippen molar-refractivity contribution in [3.05, 3.63) is 30.0 Å². The highest BCUT2D eigenvalue weighted by molar-refractivity contribution is 6.27. The van der Waals surface area contributed by atoms with Crippen molar-refractivity contribution in [3.8, 4) is 5.75 Å². The number of unbranched alkanes of at least 4 members (excludes halogenated alkanes) is 3. The number of aliphatic carboxylic acids is 2. The third-order valence-electron chi connectivity index (χ3n) is 5.13. The molecule has 0 unspecified atom stereocenters. The number of ether oxygens (including phenoxy) is 1. The number of carboxylic acids is 2. The van der Waals surface area contributed by atoms with Crippen LogP contribution < -0.4 is 10.1 Å². The molecule has 1 heterocycles. The van der Waals surface area contributed by atoms with Crippen LogP contribution in [0, 0.1) is 6.92 Å². The normalized spacial score (nSPS) is 10.5. The Kier molecular flexibility index (Phi) is 12.0. The van der Waals surface area contributed by atoms with Gasteiger partial charge in [-0.2, -0.15) is 0 Å². The Balaban J connectivity index is 0.000000703. The lowest BCUT2D eigenvalue weighted by atomic mass is 10.1. The number of rotatable bonds is 11. The minimum atomic E-state index is -1.82. The molecule has 2 aromatic rings. The minimum Gasteiger partial charge on any atom is -0.496 e. The summed E-state index contributed by atoms with van der Waals surface area (Å²) in [5.41, 5.74) is 3.25. The molecular weight excluding hydrogens is 398 g/mol. The van der Waals surface area contributed by atoms with Crippen LogP contribution in [-0.4, -0.2) is 65.3 Å². The highest BCUT2D eigenvalue weighted by Gasteiger charge is 2.10. The predicted octanol–water partition coefficient (Wildman–Crippen LogP) is 4.02. The van der Waals surface area contributed by atoms with Crippen molar-refractivity contribution in [2.75, 3.05) is 38.6 Å². The van der Waals surface area contributed by atoms with Crippen LogP contribution >= 0.6 is 0 Å². The first kappa shape index (κ1) is 26.2. The van der Waals surface area contributed by atoms with Crippen molar-refractivity contribution in [2.24, 2.45) is 0 Å². The fraction of sp³-hybridized carbons (Fsp3) is 0.522. The van der Waals surface area contributed by atoms with E-state index in [2.05, 4.69) is 48.1 Å². The quantitative estimate of drug-likeness (QED) is 0.360. The molecule has 0 saturated heterocycles. The number of carboxylic acid groups (broad SMARTS) is 2. The van der Waals surface area contributed by atoms with E-state index < -0.39 is 11.9 Å². The molecule has 172 valence electrons. The van der Waals surface area contributed by atoms with E-state index in [9.17, 15) is 0 Å². The van der Waals surface area contributed by atoms with Crippen molar-refractivity contribution in [2.45, 2.75) is 46.5 Å². The highest BCUT2D eigenvalue weighted by atomic mass is 16.5. The van der Waals surface area contributed by atoms with E-state index in [1.807, 2.05) is 12.3 Å². The monoisotopic (exact) mass is 433 g/mol. The predicted molar refractivity (Wildman–Crippen MR) is 123 cm³/mol. The number of benzene rings is 1. The second-order valence-electron chi connectivity index (χ2n) is 7.13. The maximum Gasteiger partial charge on any atom is 0.414 e. The van der Waals surface area contributed by atoms with Gasteiger partial charge in [0.15, 0.2) is 0 Å². The fourth-order valence-corrected chi connectivity index (χ4v) is 3.29. The molecule has 1 aromatic carbocycles. The zero-order valence-electron chi connectivity index (χ0n) is 19.0. The van der Waals surface area contributed by atoms with Gasteiger partial charge in [0.1, 0.15) is 5.75 Å². The molecule has 0 bridgehead atoms. The summed E-state index contributed by atoms with van der Waals surface area (Å²) < 4.78 is 5.52. The molecule has 0 aliphatic heterocycles. The lowest BCUT2D eigenvalue weighted by Gasteiger charge is -2.17. The summed E-state index contributed by atoms with van der Waals surface area (Å²) in [7, 11) is 1.73. The Morgan fingerprint density at radius 1 is 1.10 bits per heavy atom. The van der Waals surface area contributed by atoms with Crippen LogP contribution in [0.15, 0.2) is 24.4 Å². The van der Waals surface area contributed by atoms with Crippen LogP contribution in [0.2, 0.25) is 0 Å². The minimum absolute atomic E-state index is 0.919. The maximum atomic E-state index is 9.10. The van der Waals surface area contributed by atoms with Gasteiger partial charge in [-0.05, 0) is 45.5 Å². The molecule has 0 radical (unpaired) electrons. The molecule has 3 N–H and O–H groups in total. The van der Waals surface area contributed by atoms with Crippen LogP contribution in [-0.2, 0) is 9.59 Å². The summed E-state index contributed by atoms with van der Waals surface area (Å²) in [4.78, 5) is 25.3. The van der Waals surface area contributed by atoms with E-state index in [4.69, 9.17) is 24.5 Å². The smallest absolute Gasteiger partial charge is 0.414 e. The lowest BCUT2D eigenvalue weighted by Crippen LogP contribution is -2.23. The van der Waals surface area contributed by atoms with Gasteiger partial charge in [-0.3, -0.25) is 4.98 Å².